The van der Waals surface area contributed by atoms with Gasteiger partial charge in [-0.25, -0.2) is 0 Å². The van der Waals surface area contributed by atoms with Crippen molar-refractivity contribution in [2.75, 3.05) is 11.5 Å². The smallest absolute Gasteiger partial charge is 0.271 e. The highest BCUT2D eigenvalue weighted by atomic mass is 16.6. The molecule has 2 heterocycles. The molecule has 0 radical (unpaired) electrons. The average molecular weight is 303 g/mol. The molecule has 0 spiro atoms. The number of nitro groups is 1. The molecule has 0 bridgehead atoms. The fourth-order valence-electron chi connectivity index (χ4n) is 2.36. The van der Waals surface area contributed by atoms with Crippen LogP contribution in [0.2, 0.25) is 0 Å². The summed E-state index contributed by atoms with van der Waals surface area (Å²) in [6.07, 6.45) is 0. The van der Waals surface area contributed by atoms with E-state index >= 15 is 0 Å². The molecular weight excluding hydrogens is 290 g/mol. The van der Waals surface area contributed by atoms with E-state index in [-0.39, 0.29) is 24.7 Å². The van der Waals surface area contributed by atoms with Gasteiger partial charge in [-0.1, -0.05) is 5.16 Å². The average Bonchev–Trinajstić information content (AvgIpc) is 2.81. The first-order chi connectivity index (χ1) is 10.5. The number of ether oxygens (including phenoxy) is 1. The standard InChI is InChI=1S/C14H13N3O5/c1-8-11(9(2)22-15-8)6-16-12-5-10(17(19)20)3-4-13(12)21-7-14(16)18/h3-5H,6-7H2,1-2H3. The Kier molecular flexibility index (Phi) is 3.28. The van der Waals surface area contributed by atoms with Gasteiger partial charge < -0.3 is 14.2 Å². The van der Waals surface area contributed by atoms with Crippen LogP contribution in [0.4, 0.5) is 11.4 Å². The molecule has 8 heteroatoms. The third-order valence-corrected chi connectivity index (χ3v) is 3.59. The third kappa shape index (κ3) is 2.28. The Bertz CT molecular complexity index is 748. The van der Waals surface area contributed by atoms with Crippen LogP contribution in [0.1, 0.15) is 17.0 Å². The van der Waals surface area contributed by atoms with Crippen LogP contribution in [0.3, 0.4) is 0 Å². The van der Waals surface area contributed by atoms with Gasteiger partial charge >= 0.3 is 0 Å². The van der Waals surface area contributed by atoms with Crippen LogP contribution in [-0.4, -0.2) is 22.6 Å². The quantitative estimate of drug-likeness (QED) is 0.636. The number of benzene rings is 1. The van der Waals surface area contributed by atoms with E-state index in [1.54, 1.807) is 13.8 Å². The number of nitrogens with zero attached hydrogens (tertiary/aromatic N) is 3. The van der Waals surface area contributed by atoms with Crippen molar-refractivity contribution in [3.8, 4) is 5.75 Å². The van der Waals surface area contributed by atoms with Gasteiger partial charge in [0, 0.05) is 17.7 Å². The monoisotopic (exact) mass is 303 g/mol. The molecule has 114 valence electrons. The van der Waals surface area contributed by atoms with Gasteiger partial charge in [0.05, 0.1) is 22.8 Å². The van der Waals surface area contributed by atoms with E-state index in [0.717, 1.165) is 5.56 Å². The van der Waals surface area contributed by atoms with E-state index in [9.17, 15) is 14.9 Å². The van der Waals surface area contributed by atoms with E-state index in [4.69, 9.17) is 9.26 Å². The molecule has 0 fully saturated rings. The van der Waals surface area contributed by atoms with Gasteiger partial charge in [-0.05, 0) is 19.9 Å². The highest BCUT2D eigenvalue weighted by Crippen LogP contribution is 2.36. The summed E-state index contributed by atoms with van der Waals surface area (Å²) in [4.78, 5) is 24.1. The van der Waals surface area contributed by atoms with Gasteiger partial charge in [0.15, 0.2) is 6.61 Å². The van der Waals surface area contributed by atoms with Crippen molar-refractivity contribution in [2.45, 2.75) is 20.4 Å². The largest absolute Gasteiger partial charge is 0.482 e. The van der Waals surface area contributed by atoms with Crippen LogP contribution >= 0.6 is 0 Å². The molecule has 22 heavy (non-hydrogen) atoms. The van der Waals surface area contributed by atoms with Crippen molar-refractivity contribution in [1.29, 1.82) is 0 Å². The highest BCUT2D eigenvalue weighted by Gasteiger charge is 2.29. The summed E-state index contributed by atoms with van der Waals surface area (Å²) in [6.45, 7) is 3.67. The summed E-state index contributed by atoms with van der Waals surface area (Å²) < 4.78 is 10.4. The lowest BCUT2D eigenvalue weighted by molar-refractivity contribution is -0.384. The van der Waals surface area contributed by atoms with Crippen molar-refractivity contribution in [1.82, 2.24) is 5.16 Å². The van der Waals surface area contributed by atoms with E-state index < -0.39 is 4.92 Å². The molecule has 3 rings (SSSR count). The van der Waals surface area contributed by atoms with Gasteiger partial charge in [-0.2, -0.15) is 0 Å². The van der Waals surface area contributed by atoms with Crippen LogP contribution in [0, 0.1) is 24.0 Å². The van der Waals surface area contributed by atoms with Crippen LogP contribution < -0.4 is 9.64 Å². The number of rotatable bonds is 3. The number of fused-ring (bicyclic) bond motifs is 1. The Morgan fingerprint density at radius 3 is 2.82 bits per heavy atom. The number of non-ortho nitro benzene ring substituents is 1. The maximum Gasteiger partial charge on any atom is 0.271 e. The van der Waals surface area contributed by atoms with E-state index in [0.29, 0.717) is 22.9 Å². The topological polar surface area (TPSA) is 98.7 Å². The summed E-state index contributed by atoms with van der Waals surface area (Å²) in [5, 5.41) is 14.8. The van der Waals surface area contributed by atoms with Gasteiger partial charge in [0.1, 0.15) is 11.5 Å². The lowest BCUT2D eigenvalue weighted by atomic mass is 10.1. The molecule has 8 nitrogen and oxygen atoms in total. The Morgan fingerprint density at radius 2 is 2.18 bits per heavy atom. The predicted octanol–water partition coefficient (Wildman–Crippen LogP) is 2.13. The second-order valence-electron chi connectivity index (χ2n) is 4.98. The van der Waals surface area contributed by atoms with Crippen molar-refractivity contribution >= 4 is 17.3 Å². The van der Waals surface area contributed by atoms with E-state index in [2.05, 4.69) is 5.16 Å². The second kappa shape index (κ2) is 5.14. The maximum absolute atomic E-state index is 12.2. The first-order valence-corrected chi connectivity index (χ1v) is 6.60. The molecule has 0 saturated heterocycles. The lowest BCUT2D eigenvalue weighted by Crippen LogP contribution is -2.38. The number of amides is 1. The zero-order valence-corrected chi connectivity index (χ0v) is 12.0. The molecule has 0 saturated carbocycles. The fraction of sp³-hybridized carbons (Fsp3) is 0.286. The molecule has 1 aliphatic rings. The fourth-order valence-corrected chi connectivity index (χ4v) is 2.36. The number of aromatic nitrogens is 1. The molecule has 0 N–H and O–H groups in total. The van der Waals surface area contributed by atoms with Crippen molar-refractivity contribution in [3.63, 3.8) is 0 Å². The molecule has 2 aromatic rings. The Morgan fingerprint density at radius 1 is 1.41 bits per heavy atom. The first kappa shape index (κ1) is 14.1. The normalized spacial score (nSPS) is 13.7. The molecule has 0 aliphatic carbocycles. The molecule has 0 unspecified atom stereocenters. The summed E-state index contributed by atoms with van der Waals surface area (Å²) in [7, 11) is 0. The zero-order chi connectivity index (χ0) is 15.9. The Balaban J connectivity index is 2.03. The third-order valence-electron chi connectivity index (χ3n) is 3.59. The van der Waals surface area contributed by atoms with Crippen LogP contribution in [-0.2, 0) is 11.3 Å². The summed E-state index contributed by atoms with van der Waals surface area (Å²) in [6, 6.07) is 4.19. The second-order valence-corrected chi connectivity index (χ2v) is 4.98. The van der Waals surface area contributed by atoms with Crippen LogP contribution in [0.15, 0.2) is 22.7 Å². The van der Waals surface area contributed by atoms with Crippen LogP contribution in [0.25, 0.3) is 0 Å². The predicted molar refractivity (Wildman–Crippen MR) is 75.8 cm³/mol. The minimum atomic E-state index is -0.507. The highest BCUT2D eigenvalue weighted by molar-refractivity contribution is 5.98. The number of carbonyl (C=O) groups excluding carboxylic acids is 1. The van der Waals surface area contributed by atoms with Crippen molar-refractivity contribution in [2.24, 2.45) is 0 Å². The Labute approximate surface area is 125 Å². The molecular formula is C14H13N3O5. The van der Waals surface area contributed by atoms with Crippen molar-refractivity contribution < 1.29 is 19.0 Å². The van der Waals surface area contributed by atoms with E-state index in [1.807, 2.05) is 0 Å². The molecule has 1 aromatic carbocycles. The Hall–Kier alpha value is -2.90. The number of hydrogen-bond donors (Lipinski definition) is 0. The number of hydrogen-bond acceptors (Lipinski definition) is 6. The van der Waals surface area contributed by atoms with Crippen molar-refractivity contribution in [3.05, 3.63) is 45.3 Å². The van der Waals surface area contributed by atoms with Crippen LogP contribution in [0.5, 0.6) is 5.75 Å². The minimum Gasteiger partial charge on any atom is -0.482 e. The minimum absolute atomic E-state index is 0.0965. The lowest BCUT2D eigenvalue weighted by Gasteiger charge is -2.29. The van der Waals surface area contributed by atoms with E-state index in [1.165, 1.54) is 23.1 Å². The first-order valence-electron chi connectivity index (χ1n) is 6.60. The molecule has 1 aromatic heterocycles. The maximum atomic E-state index is 12.2. The summed E-state index contributed by atoms with van der Waals surface area (Å²) in [5.41, 5.74) is 1.75. The van der Waals surface area contributed by atoms with Gasteiger partial charge in [-0.15, -0.1) is 0 Å². The summed E-state index contributed by atoms with van der Waals surface area (Å²) in [5.74, 6) is 0.786. The molecule has 0 atom stereocenters. The number of carbonyl (C=O) groups is 1. The zero-order valence-electron chi connectivity index (χ0n) is 12.0. The summed E-state index contributed by atoms with van der Waals surface area (Å²) >= 11 is 0. The number of anilines is 1. The molecule has 1 aliphatic heterocycles. The molecule has 1 amide bonds. The number of aryl methyl sites for hydroxylation is 2. The van der Waals surface area contributed by atoms with Gasteiger partial charge in [0.2, 0.25) is 0 Å². The van der Waals surface area contributed by atoms with Gasteiger partial charge in [0.25, 0.3) is 11.6 Å². The van der Waals surface area contributed by atoms with Gasteiger partial charge in [-0.3, -0.25) is 14.9 Å². The number of nitro benzene ring substituents is 1. The SMILES string of the molecule is Cc1noc(C)c1CN1C(=O)COc2ccc([N+](=O)[O-])cc21.